The quantitative estimate of drug-likeness (QED) is 0.626. The summed E-state index contributed by atoms with van der Waals surface area (Å²) in [5, 5.41) is 8.19. The lowest BCUT2D eigenvalue weighted by Gasteiger charge is -2.10. The van der Waals surface area contributed by atoms with Crippen LogP contribution < -0.4 is 5.32 Å². The molecule has 5 heteroatoms. The van der Waals surface area contributed by atoms with Crippen LogP contribution in [0, 0.1) is 0 Å². The molecule has 0 saturated carbocycles. The summed E-state index contributed by atoms with van der Waals surface area (Å²) in [6.07, 6.45) is 2.59. The molecule has 3 aromatic rings. The molecule has 140 valence electrons. The van der Waals surface area contributed by atoms with Crippen molar-refractivity contribution < 1.29 is 4.79 Å². The van der Waals surface area contributed by atoms with Gasteiger partial charge in [-0.15, -0.1) is 0 Å². The van der Waals surface area contributed by atoms with Crippen molar-refractivity contribution in [2.24, 2.45) is 0 Å². The zero-order chi connectivity index (χ0) is 19.1. The Bertz CT molecular complexity index is 857. The minimum absolute atomic E-state index is 0.130. The highest BCUT2D eigenvalue weighted by molar-refractivity contribution is 5.75. The second kappa shape index (κ2) is 9.14. The van der Waals surface area contributed by atoms with Gasteiger partial charge in [-0.05, 0) is 5.56 Å². The van der Waals surface area contributed by atoms with Gasteiger partial charge in [0.25, 0.3) is 0 Å². The number of nitrogens with zero attached hydrogens (tertiary/aromatic N) is 3. The zero-order valence-corrected chi connectivity index (χ0v) is 15.9. The lowest BCUT2D eigenvalue weighted by atomic mass is 10.1. The van der Waals surface area contributed by atoms with Gasteiger partial charge in [0.1, 0.15) is 0 Å². The number of nitrogens with one attached hydrogen (secondary N) is 1. The van der Waals surface area contributed by atoms with E-state index in [1.165, 1.54) is 5.56 Å². The van der Waals surface area contributed by atoms with E-state index in [0.29, 0.717) is 19.5 Å². The van der Waals surface area contributed by atoms with E-state index in [-0.39, 0.29) is 5.91 Å². The van der Waals surface area contributed by atoms with Crippen molar-refractivity contribution in [1.82, 2.24) is 20.0 Å². The number of amides is 1. The van der Waals surface area contributed by atoms with E-state index >= 15 is 0 Å². The topological polar surface area (TPSA) is 50.2 Å². The standard InChI is InChI=1S/C22H26N4O/c1-25(2)21(27)13-14-23-15-20-17-26(16-18-9-5-3-6-10-18)24-22(20)19-11-7-4-8-12-19/h3-12,17,23H,13-16H2,1-2H3. The van der Waals surface area contributed by atoms with Gasteiger partial charge in [0.15, 0.2) is 0 Å². The molecule has 1 N–H and O–H groups in total. The van der Waals surface area contributed by atoms with Crippen LogP contribution in [0.1, 0.15) is 17.5 Å². The molecule has 0 atom stereocenters. The minimum Gasteiger partial charge on any atom is -0.349 e. The Morgan fingerprint density at radius 2 is 1.70 bits per heavy atom. The van der Waals surface area contributed by atoms with Gasteiger partial charge in [0.05, 0.1) is 12.2 Å². The molecule has 1 aromatic heterocycles. The van der Waals surface area contributed by atoms with Crippen LogP contribution in [-0.2, 0) is 17.9 Å². The van der Waals surface area contributed by atoms with Crippen molar-refractivity contribution in [3.8, 4) is 11.3 Å². The molecule has 1 amide bonds. The van der Waals surface area contributed by atoms with Gasteiger partial charge in [0, 0.05) is 50.9 Å². The minimum atomic E-state index is 0.130. The first-order chi connectivity index (χ1) is 13.1. The maximum Gasteiger partial charge on any atom is 0.223 e. The van der Waals surface area contributed by atoms with Crippen LogP contribution in [0.15, 0.2) is 66.9 Å². The molecule has 0 radical (unpaired) electrons. The van der Waals surface area contributed by atoms with E-state index in [9.17, 15) is 4.79 Å². The SMILES string of the molecule is CN(C)C(=O)CCNCc1cn(Cc2ccccc2)nc1-c1ccccc1. The third kappa shape index (κ3) is 5.28. The van der Waals surface area contributed by atoms with Crippen LogP contribution in [0.4, 0.5) is 0 Å². The number of aromatic nitrogens is 2. The normalized spacial score (nSPS) is 10.7. The fourth-order valence-corrected chi connectivity index (χ4v) is 2.92. The zero-order valence-electron chi connectivity index (χ0n) is 15.9. The van der Waals surface area contributed by atoms with E-state index in [2.05, 4.69) is 35.8 Å². The van der Waals surface area contributed by atoms with Gasteiger partial charge in [0.2, 0.25) is 5.91 Å². The molecule has 0 aliphatic carbocycles. The Balaban J connectivity index is 1.73. The highest BCUT2D eigenvalue weighted by Gasteiger charge is 2.12. The van der Waals surface area contributed by atoms with Crippen molar-refractivity contribution in [2.45, 2.75) is 19.5 Å². The summed E-state index contributed by atoms with van der Waals surface area (Å²) in [7, 11) is 3.56. The summed E-state index contributed by atoms with van der Waals surface area (Å²) < 4.78 is 1.99. The number of hydrogen-bond donors (Lipinski definition) is 1. The van der Waals surface area contributed by atoms with Gasteiger partial charge < -0.3 is 10.2 Å². The Morgan fingerprint density at radius 1 is 1.04 bits per heavy atom. The number of carbonyl (C=O) groups is 1. The molecule has 0 aliphatic heterocycles. The summed E-state index contributed by atoms with van der Waals surface area (Å²) >= 11 is 0. The molecule has 0 bridgehead atoms. The third-order valence-corrected chi connectivity index (χ3v) is 4.40. The Morgan fingerprint density at radius 3 is 2.37 bits per heavy atom. The number of hydrogen-bond acceptors (Lipinski definition) is 3. The summed E-state index contributed by atoms with van der Waals surface area (Å²) in [6, 6.07) is 20.5. The monoisotopic (exact) mass is 362 g/mol. The smallest absolute Gasteiger partial charge is 0.223 e. The predicted octanol–water partition coefficient (Wildman–Crippen LogP) is 3.17. The van der Waals surface area contributed by atoms with Gasteiger partial charge in [-0.3, -0.25) is 9.48 Å². The summed E-state index contributed by atoms with van der Waals surface area (Å²) in [4.78, 5) is 13.3. The molecule has 27 heavy (non-hydrogen) atoms. The molecule has 5 nitrogen and oxygen atoms in total. The molecule has 3 rings (SSSR count). The van der Waals surface area contributed by atoms with Crippen LogP contribution in [0.5, 0.6) is 0 Å². The van der Waals surface area contributed by atoms with Crippen LogP contribution in [0.2, 0.25) is 0 Å². The molecule has 0 fully saturated rings. The molecule has 0 unspecified atom stereocenters. The first kappa shape index (κ1) is 18.9. The van der Waals surface area contributed by atoms with E-state index in [1.54, 1.807) is 19.0 Å². The summed E-state index contributed by atoms with van der Waals surface area (Å²) in [5.41, 5.74) is 4.44. The predicted molar refractivity (Wildman–Crippen MR) is 108 cm³/mol. The fourth-order valence-electron chi connectivity index (χ4n) is 2.92. The van der Waals surface area contributed by atoms with Crippen LogP contribution >= 0.6 is 0 Å². The summed E-state index contributed by atoms with van der Waals surface area (Å²) in [5.74, 6) is 0.130. The molecule has 1 heterocycles. The van der Waals surface area contributed by atoms with E-state index in [1.807, 2.05) is 41.1 Å². The fraction of sp³-hybridized carbons (Fsp3) is 0.273. The first-order valence-corrected chi connectivity index (χ1v) is 9.20. The van der Waals surface area contributed by atoms with Crippen molar-refractivity contribution in [2.75, 3.05) is 20.6 Å². The van der Waals surface area contributed by atoms with Crippen molar-refractivity contribution >= 4 is 5.91 Å². The summed E-state index contributed by atoms with van der Waals surface area (Å²) in [6.45, 7) is 2.06. The molecule has 0 saturated heterocycles. The van der Waals surface area contributed by atoms with Crippen LogP contribution in [-0.4, -0.2) is 41.2 Å². The Hall–Kier alpha value is -2.92. The maximum atomic E-state index is 11.7. The highest BCUT2D eigenvalue weighted by atomic mass is 16.2. The van der Waals surface area contributed by atoms with Crippen molar-refractivity contribution in [3.63, 3.8) is 0 Å². The highest BCUT2D eigenvalue weighted by Crippen LogP contribution is 2.22. The molecule has 0 spiro atoms. The van der Waals surface area contributed by atoms with Crippen molar-refractivity contribution in [1.29, 1.82) is 0 Å². The van der Waals surface area contributed by atoms with Gasteiger partial charge in [-0.2, -0.15) is 5.10 Å². The molecule has 0 aliphatic rings. The largest absolute Gasteiger partial charge is 0.349 e. The van der Waals surface area contributed by atoms with Gasteiger partial charge >= 0.3 is 0 Å². The van der Waals surface area contributed by atoms with E-state index in [0.717, 1.165) is 23.4 Å². The number of benzene rings is 2. The molecule has 2 aromatic carbocycles. The van der Waals surface area contributed by atoms with Gasteiger partial charge in [-0.1, -0.05) is 60.7 Å². The first-order valence-electron chi connectivity index (χ1n) is 9.20. The van der Waals surface area contributed by atoms with E-state index < -0.39 is 0 Å². The lowest BCUT2D eigenvalue weighted by Crippen LogP contribution is -2.26. The second-order valence-electron chi connectivity index (χ2n) is 6.77. The average Bonchev–Trinajstić information content (AvgIpc) is 3.09. The second-order valence-corrected chi connectivity index (χ2v) is 6.77. The Labute approximate surface area is 160 Å². The Kier molecular flexibility index (Phi) is 6.39. The number of carbonyl (C=O) groups excluding carboxylic acids is 1. The van der Waals surface area contributed by atoms with Gasteiger partial charge in [-0.25, -0.2) is 0 Å². The van der Waals surface area contributed by atoms with Crippen LogP contribution in [0.25, 0.3) is 11.3 Å². The number of rotatable bonds is 8. The average molecular weight is 362 g/mol. The maximum absolute atomic E-state index is 11.7. The van der Waals surface area contributed by atoms with Crippen LogP contribution in [0.3, 0.4) is 0 Å². The molecular weight excluding hydrogens is 336 g/mol. The molecular formula is C22H26N4O. The third-order valence-electron chi connectivity index (χ3n) is 4.40. The lowest BCUT2D eigenvalue weighted by molar-refractivity contribution is -0.128. The van der Waals surface area contributed by atoms with Crippen molar-refractivity contribution in [3.05, 3.63) is 78.0 Å². The van der Waals surface area contributed by atoms with E-state index in [4.69, 9.17) is 5.10 Å².